The molecule has 0 saturated carbocycles. The van der Waals surface area contributed by atoms with Crippen molar-refractivity contribution in [1.82, 2.24) is 18.7 Å². The molecule has 0 atom stereocenters. The molecule has 0 unspecified atom stereocenters. The zero-order valence-electron chi connectivity index (χ0n) is 14.8. The van der Waals surface area contributed by atoms with Crippen LogP contribution in [0.25, 0.3) is 11.2 Å². The molecular weight excluding hydrogens is 356 g/mol. The molecule has 26 heavy (non-hydrogen) atoms. The monoisotopic (exact) mass is 376 g/mol. The summed E-state index contributed by atoms with van der Waals surface area (Å²) in [6.45, 7) is 2.35. The summed E-state index contributed by atoms with van der Waals surface area (Å²) in [5.41, 5.74) is 0.787. The van der Waals surface area contributed by atoms with E-state index < -0.39 is 5.69 Å². The van der Waals surface area contributed by atoms with Gasteiger partial charge in [0.1, 0.15) is 5.82 Å². The molecule has 0 radical (unpaired) electrons. The highest BCUT2D eigenvalue weighted by molar-refractivity contribution is 6.30. The molecule has 3 aromatic rings. The standard InChI is InChI=1S/C18H21ClN4O3/c1-3-14-20-16-15(21(14)2)17(25)23(18(26)22(16)9-4-10-24)11-12-5-7-13(19)8-6-12/h5-8,24H,3-4,9-11H2,1-2H3. The van der Waals surface area contributed by atoms with Crippen LogP contribution in [0.2, 0.25) is 5.02 Å². The van der Waals surface area contributed by atoms with Gasteiger partial charge in [0, 0.05) is 31.6 Å². The lowest BCUT2D eigenvalue weighted by atomic mass is 10.2. The van der Waals surface area contributed by atoms with Gasteiger partial charge in [-0.15, -0.1) is 0 Å². The van der Waals surface area contributed by atoms with Crippen molar-refractivity contribution in [3.05, 3.63) is 61.5 Å². The molecule has 0 bridgehead atoms. The quantitative estimate of drug-likeness (QED) is 0.707. The Balaban J connectivity index is 2.24. The van der Waals surface area contributed by atoms with E-state index in [9.17, 15) is 9.59 Å². The number of halogens is 1. The maximum atomic E-state index is 13.0. The first-order valence-electron chi connectivity index (χ1n) is 8.52. The Morgan fingerprint density at radius 3 is 2.46 bits per heavy atom. The van der Waals surface area contributed by atoms with Crippen molar-refractivity contribution in [2.24, 2.45) is 7.05 Å². The highest BCUT2D eigenvalue weighted by Gasteiger charge is 2.19. The number of aryl methyl sites for hydroxylation is 3. The van der Waals surface area contributed by atoms with Crippen molar-refractivity contribution in [3.63, 3.8) is 0 Å². The molecule has 0 fully saturated rings. The van der Waals surface area contributed by atoms with Crippen LogP contribution in [0.1, 0.15) is 24.7 Å². The van der Waals surface area contributed by atoms with Gasteiger partial charge in [-0.2, -0.15) is 0 Å². The molecule has 8 heteroatoms. The van der Waals surface area contributed by atoms with Crippen LogP contribution < -0.4 is 11.2 Å². The molecule has 7 nitrogen and oxygen atoms in total. The minimum Gasteiger partial charge on any atom is -0.396 e. The summed E-state index contributed by atoms with van der Waals surface area (Å²) in [5, 5.41) is 9.75. The highest BCUT2D eigenvalue weighted by Crippen LogP contribution is 2.13. The third-order valence-electron chi connectivity index (χ3n) is 4.44. The fourth-order valence-electron chi connectivity index (χ4n) is 3.07. The van der Waals surface area contributed by atoms with Crippen molar-refractivity contribution >= 4 is 22.8 Å². The summed E-state index contributed by atoms with van der Waals surface area (Å²) in [6, 6.07) is 7.03. The average molecular weight is 377 g/mol. The minimum absolute atomic E-state index is 0.0439. The number of rotatable bonds is 6. The Hall–Kier alpha value is -2.38. The summed E-state index contributed by atoms with van der Waals surface area (Å²) in [5.74, 6) is 0.735. The number of hydrogen-bond acceptors (Lipinski definition) is 4. The number of aliphatic hydroxyl groups is 1. The third kappa shape index (κ3) is 3.20. The van der Waals surface area contributed by atoms with Crippen molar-refractivity contribution in [2.45, 2.75) is 32.9 Å². The lowest BCUT2D eigenvalue weighted by molar-refractivity contribution is 0.279. The maximum absolute atomic E-state index is 13.0. The molecule has 0 aliphatic rings. The Labute approximate surface area is 155 Å². The van der Waals surface area contributed by atoms with E-state index in [-0.39, 0.29) is 18.7 Å². The summed E-state index contributed by atoms with van der Waals surface area (Å²) < 4.78 is 4.43. The number of nitrogens with zero attached hydrogens (tertiary/aromatic N) is 4. The Morgan fingerprint density at radius 2 is 1.85 bits per heavy atom. The molecule has 138 valence electrons. The zero-order chi connectivity index (χ0) is 18.8. The van der Waals surface area contributed by atoms with Gasteiger partial charge in [0.25, 0.3) is 5.56 Å². The fourth-order valence-corrected chi connectivity index (χ4v) is 3.19. The van der Waals surface area contributed by atoms with E-state index in [2.05, 4.69) is 4.98 Å². The van der Waals surface area contributed by atoms with Crippen LogP contribution in [0.15, 0.2) is 33.9 Å². The van der Waals surface area contributed by atoms with Gasteiger partial charge in [0.2, 0.25) is 0 Å². The summed E-state index contributed by atoms with van der Waals surface area (Å²) in [6.07, 6.45) is 1.06. The van der Waals surface area contributed by atoms with E-state index in [0.29, 0.717) is 35.6 Å². The molecule has 0 saturated heterocycles. The second-order valence-corrected chi connectivity index (χ2v) is 6.58. The van der Waals surface area contributed by atoms with Gasteiger partial charge in [0.05, 0.1) is 6.54 Å². The second-order valence-electron chi connectivity index (χ2n) is 6.14. The number of benzene rings is 1. The summed E-state index contributed by atoms with van der Waals surface area (Å²) in [4.78, 5) is 30.4. The van der Waals surface area contributed by atoms with Gasteiger partial charge in [-0.25, -0.2) is 9.78 Å². The van der Waals surface area contributed by atoms with Crippen LogP contribution in [-0.4, -0.2) is 30.4 Å². The van der Waals surface area contributed by atoms with Crippen molar-refractivity contribution in [3.8, 4) is 0 Å². The lowest BCUT2D eigenvalue weighted by Crippen LogP contribution is -2.41. The highest BCUT2D eigenvalue weighted by atomic mass is 35.5. The fraction of sp³-hybridized carbons (Fsp3) is 0.389. The first-order valence-corrected chi connectivity index (χ1v) is 8.90. The molecule has 0 aliphatic heterocycles. The molecule has 0 aliphatic carbocycles. The van der Waals surface area contributed by atoms with Gasteiger partial charge < -0.3 is 9.67 Å². The van der Waals surface area contributed by atoms with Crippen LogP contribution >= 0.6 is 11.6 Å². The minimum atomic E-state index is -0.424. The Kier molecular flexibility index (Phi) is 5.29. The van der Waals surface area contributed by atoms with Crippen LogP contribution in [-0.2, 0) is 26.6 Å². The summed E-state index contributed by atoms with van der Waals surface area (Å²) in [7, 11) is 1.78. The van der Waals surface area contributed by atoms with E-state index in [1.54, 1.807) is 35.9 Å². The van der Waals surface area contributed by atoms with Crippen molar-refractivity contribution < 1.29 is 5.11 Å². The topological polar surface area (TPSA) is 82.1 Å². The predicted octanol–water partition coefficient (Wildman–Crippen LogP) is 1.54. The Morgan fingerprint density at radius 1 is 1.15 bits per heavy atom. The van der Waals surface area contributed by atoms with E-state index in [1.165, 1.54) is 9.13 Å². The lowest BCUT2D eigenvalue weighted by Gasteiger charge is -2.11. The first kappa shape index (κ1) is 18.4. The van der Waals surface area contributed by atoms with Gasteiger partial charge in [0.15, 0.2) is 11.2 Å². The number of aliphatic hydroxyl groups excluding tert-OH is 1. The maximum Gasteiger partial charge on any atom is 0.333 e. The molecule has 0 spiro atoms. The van der Waals surface area contributed by atoms with E-state index in [4.69, 9.17) is 16.7 Å². The normalized spacial score (nSPS) is 11.4. The van der Waals surface area contributed by atoms with Gasteiger partial charge in [-0.3, -0.25) is 13.9 Å². The van der Waals surface area contributed by atoms with Crippen LogP contribution in [0.3, 0.4) is 0 Å². The third-order valence-corrected chi connectivity index (χ3v) is 4.70. The van der Waals surface area contributed by atoms with Gasteiger partial charge >= 0.3 is 5.69 Å². The molecule has 1 aromatic carbocycles. The van der Waals surface area contributed by atoms with Gasteiger partial charge in [-0.05, 0) is 24.1 Å². The van der Waals surface area contributed by atoms with Crippen LogP contribution in [0, 0.1) is 0 Å². The molecule has 3 rings (SSSR count). The first-order chi connectivity index (χ1) is 12.5. The second kappa shape index (κ2) is 7.47. The summed E-state index contributed by atoms with van der Waals surface area (Å²) >= 11 is 5.91. The van der Waals surface area contributed by atoms with E-state index in [0.717, 1.165) is 11.4 Å². The SMILES string of the molecule is CCc1nc2c(c(=O)n(Cc3ccc(Cl)cc3)c(=O)n2CCCO)n1C. The van der Waals surface area contributed by atoms with Crippen LogP contribution in [0.4, 0.5) is 0 Å². The zero-order valence-corrected chi connectivity index (χ0v) is 15.5. The molecular formula is C18H21ClN4O3. The smallest absolute Gasteiger partial charge is 0.333 e. The van der Waals surface area contributed by atoms with Gasteiger partial charge in [-0.1, -0.05) is 30.7 Å². The predicted molar refractivity (Wildman–Crippen MR) is 101 cm³/mol. The van der Waals surface area contributed by atoms with E-state index in [1.807, 2.05) is 6.92 Å². The molecule has 1 N–H and O–H groups in total. The van der Waals surface area contributed by atoms with Crippen LogP contribution in [0.5, 0.6) is 0 Å². The van der Waals surface area contributed by atoms with E-state index >= 15 is 0 Å². The molecule has 0 amide bonds. The Bertz CT molecular complexity index is 1050. The largest absolute Gasteiger partial charge is 0.396 e. The number of aromatic nitrogens is 4. The molecule has 2 heterocycles. The molecule has 2 aromatic heterocycles. The average Bonchev–Trinajstić information content (AvgIpc) is 2.97. The van der Waals surface area contributed by atoms with Crippen molar-refractivity contribution in [2.75, 3.05) is 6.61 Å². The van der Waals surface area contributed by atoms with Crippen molar-refractivity contribution in [1.29, 1.82) is 0 Å². The number of hydrogen-bond donors (Lipinski definition) is 1. The number of imidazole rings is 1. The number of fused-ring (bicyclic) bond motifs is 1.